The average Bonchev–Trinajstić information content (AvgIpc) is 2.34. The molecule has 0 N–H and O–H groups in total. The summed E-state index contributed by atoms with van der Waals surface area (Å²) in [5.41, 5.74) is 1.71. The average molecular weight is 134 g/mol. The molecule has 0 aromatic carbocycles. The lowest BCUT2D eigenvalue weighted by Crippen LogP contribution is -1.88. The monoisotopic (exact) mass is 134 g/mol. The smallest absolute Gasteiger partial charge is 0.182 e. The zero-order valence-electron chi connectivity index (χ0n) is 5.52. The van der Waals surface area contributed by atoms with Crippen LogP contribution in [0.3, 0.4) is 0 Å². The van der Waals surface area contributed by atoms with Crippen LogP contribution in [0.25, 0.3) is 11.2 Å². The molecule has 50 valence electrons. The number of fused-ring (bicyclic) bond motifs is 1. The third-order valence-corrected chi connectivity index (χ3v) is 1.38. The number of hydrogen-bond acceptors (Lipinski definition) is 3. The lowest BCUT2D eigenvalue weighted by molar-refractivity contribution is 0.907. The Morgan fingerprint density at radius 2 is 2.40 bits per heavy atom. The van der Waals surface area contributed by atoms with Crippen LogP contribution in [0.2, 0.25) is 0 Å². The molecule has 0 amide bonds. The van der Waals surface area contributed by atoms with E-state index in [0.29, 0.717) is 0 Å². The molecule has 4 nitrogen and oxygen atoms in total. The molecule has 0 saturated heterocycles. The van der Waals surface area contributed by atoms with Gasteiger partial charge in [-0.05, 0) is 6.07 Å². The van der Waals surface area contributed by atoms with Gasteiger partial charge in [-0.3, -0.25) is 0 Å². The molecule has 0 aliphatic carbocycles. The fourth-order valence-corrected chi connectivity index (χ4v) is 0.873. The van der Waals surface area contributed by atoms with E-state index in [1.807, 2.05) is 17.7 Å². The first kappa shape index (κ1) is 5.34. The SMILES string of the molecule is Cn1cnc2ccnnc21. The summed E-state index contributed by atoms with van der Waals surface area (Å²) < 4.78 is 1.84. The van der Waals surface area contributed by atoms with E-state index < -0.39 is 0 Å². The molecule has 2 heterocycles. The second-order valence-electron chi connectivity index (χ2n) is 2.10. The Labute approximate surface area is 57.5 Å². The quantitative estimate of drug-likeness (QED) is 0.522. The van der Waals surface area contributed by atoms with Crippen molar-refractivity contribution in [2.24, 2.45) is 7.05 Å². The molecule has 0 fully saturated rings. The van der Waals surface area contributed by atoms with Crippen molar-refractivity contribution in [1.29, 1.82) is 0 Å². The minimum Gasteiger partial charge on any atom is -0.317 e. The fraction of sp³-hybridized carbons (Fsp3) is 0.167. The van der Waals surface area contributed by atoms with Crippen molar-refractivity contribution in [2.45, 2.75) is 0 Å². The van der Waals surface area contributed by atoms with Gasteiger partial charge in [0.25, 0.3) is 0 Å². The highest BCUT2D eigenvalue weighted by molar-refractivity contribution is 5.68. The van der Waals surface area contributed by atoms with E-state index in [-0.39, 0.29) is 0 Å². The van der Waals surface area contributed by atoms with Crippen molar-refractivity contribution < 1.29 is 0 Å². The summed E-state index contributed by atoms with van der Waals surface area (Å²) >= 11 is 0. The van der Waals surface area contributed by atoms with Crippen LogP contribution >= 0.6 is 0 Å². The number of hydrogen-bond donors (Lipinski definition) is 0. The molecule has 2 aromatic heterocycles. The maximum atomic E-state index is 4.08. The van der Waals surface area contributed by atoms with Crippen LogP contribution < -0.4 is 0 Å². The van der Waals surface area contributed by atoms with Crippen molar-refractivity contribution in [2.75, 3.05) is 0 Å². The highest BCUT2D eigenvalue weighted by Crippen LogP contribution is 2.03. The molecule has 10 heavy (non-hydrogen) atoms. The van der Waals surface area contributed by atoms with E-state index >= 15 is 0 Å². The van der Waals surface area contributed by atoms with Crippen molar-refractivity contribution in [3.63, 3.8) is 0 Å². The Morgan fingerprint density at radius 1 is 1.50 bits per heavy atom. The molecule has 4 heteroatoms. The highest BCUT2D eigenvalue weighted by Gasteiger charge is 1.96. The summed E-state index contributed by atoms with van der Waals surface area (Å²) in [6.45, 7) is 0. The Morgan fingerprint density at radius 3 is 3.20 bits per heavy atom. The summed E-state index contributed by atoms with van der Waals surface area (Å²) in [5.74, 6) is 0. The zero-order chi connectivity index (χ0) is 6.97. The predicted octanol–water partition coefficient (Wildman–Crippen LogP) is 0.363. The third kappa shape index (κ3) is 0.586. The maximum Gasteiger partial charge on any atom is 0.182 e. The van der Waals surface area contributed by atoms with E-state index in [4.69, 9.17) is 0 Å². The second kappa shape index (κ2) is 1.76. The lowest BCUT2D eigenvalue weighted by Gasteiger charge is -1.87. The van der Waals surface area contributed by atoms with E-state index in [0.717, 1.165) is 11.2 Å². The Bertz CT molecular complexity index is 351. The van der Waals surface area contributed by atoms with Gasteiger partial charge in [-0.2, -0.15) is 5.10 Å². The zero-order valence-corrected chi connectivity index (χ0v) is 5.52. The standard InChI is InChI=1S/C6H6N4/c1-10-4-7-5-2-3-8-9-6(5)10/h2-4H,1H3. The van der Waals surface area contributed by atoms with E-state index in [9.17, 15) is 0 Å². The molecule has 0 aliphatic rings. The Hall–Kier alpha value is -1.45. The van der Waals surface area contributed by atoms with Crippen molar-refractivity contribution in [3.8, 4) is 0 Å². The molecule has 0 aliphatic heterocycles. The van der Waals surface area contributed by atoms with Crippen molar-refractivity contribution >= 4 is 11.2 Å². The summed E-state index contributed by atoms with van der Waals surface area (Å²) in [4.78, 5) is 4.08. The van der Waals surface area contributed by atoms with E-state index in [1.165, 1.54) is 0 Å². The van der Waals surface area contributed by atoms with Crippen molar-refractivity contribution in [3.05, 3.63) is 18.6 Å². The van der Waals surface area contributed by atoms with E-state index in [2.05, 4.69) is 15.2 Å². The van der Waals surface area contributed by atoms with Crippen LogP contribution in [0, 0.1) is 0 Å². The van der Waals surface area contributed by atoms with Crippen LogP contribution in [-0.4, -0.2) is 19.7 Å². The first-order valence-electron chi connectivity index (χ1n) is 2.96. The molecule has 0 unspecified atom stereocenters. The molecule has 0 bridgehead atoms. The molecule has 0 spiro atoms. The maximum absolute atomic E-state index is 4.08. The topological polar surface area (TPSA) is 43.6 Å². The minimum absolute atomic E-state index is 0.822. The van der Waals surface area contributed by atoms with Crippen LogP contribution in [0.4, 0.5) is 0 Å². The normalized spacial score (nSPS) is 10.5. The summed E-state index contributed by atoms with van der Waals surface area (Å²) in [5, 5.41) is 7.63. The fourth-order valence-electron chi connectivity index (χ4n) is 0.873. The molecule has 0 atom stereocenters. The molecule has 2 aromatic rings. The summed E-state index contributed by atoms with van der Waals surface area (Å²) in [6.07, 6.45) is 3.36. The van der Waals surface area contributed by atoms with Gasteiger partial charge in [0.2, 0.25) is 0 Å². The number of aromatic nitrogens is 4. The Balaban J connectivity index is 2.93. The number of nitrogens with zero attached hydrogens (tertiary/aromatic N) is 4. The number of rotatable bonds is 0. The molecular formula is C6H6N4. The first-order chi connectivity index (χ1) is 4.88. The molecular weight excluding hydrogens is 128 g/mol. The van der Waals surface area contributed by atoms with E-state index in [1.54, 1.807) is 12.5 Å². The third-order valence-electron chi connectivity index (χ3n) is 1.38. The number of imidazole rings is 1. The van der Waals surface area contributed by atoms with Crippen LogP contribution in [0.1, 0.15) is 0 Å². The molecule has 0 saturated carbocycles. The van der Waals surface area contributed by atoms with Gasteiger partial charge in [0.15, 0.2) is 5.65 Å². The van der Waals surface area contributed by atoms with Crippen LogP contribution in [-0.2, 0) is 7.05 Å². The van der Waals surface area contributed by atoms with Gasteiger partial charge in [0.05, 0.1) is 12.5 Å². The van der Waals surface area contributed by atoms with Gasteiger partial charge in [-0.25, -0.2) is 4.98 Å². The Kier molecular flexibility index (Phi) is 0.943. The predicted molar refractivity (Wildman–Crippen MR) is 36.3 cm³/mol. The van der Waals surface area contributed by atoms with Crippen LogP contribution in [0.15, 0.2) is 18.6 Å². The number of aryl methyl sites for hydroxylation is 1. The van der Waals surface area contributed by atoms with Crippen LogP contribution in [0.5, 0.6) is 0 Å². The van der Waals surface area contributed by atoms with Gasteiger partial charge in [0, 0.05) is 7.05 Å². The van der Waals surface area contributed by atoms with Gasteiger partial charge in [0.1, 0.15) is 5.52 Å². The van der Waals surface area contributed by atoms with Gasteiger partial charge in [-0.15, -0.1) is 5.10 Å². The van der Waals surface area contributed by atoms with Gasteiger partial charge in [-0.1, -0.05) is 0 Å². The first-order valence-corrected chi connectivity index (χ1v) is 2.96. The minimum atomic E-state index is 0.822. The van der Waals surface area contributed by atoms with Crippen molar-refractivity contribution in [1.82, 2.24) is 19.7 Å². The van der Waals surface area contributed by atoms with Gasteiger partial charge < -0.3 is 4.57 Å². The lowest BCUT2D eigenvalue weighted by atomic mass is 10.5. The second-order valence-corrected chi connectivity index (χ2v) is 2.10. The molecule has 0 radical (unpaired) electrons. The summed E-state index contributed by atoms with van der Waals surface area (Å²) in [7, 11) is 1.89. The molecule has 2 rings (SSSR count). The van der Waals surface area contributed by atoms with Gasteiger partial charge >= 0.3 is 0 Å². The summed E-state index contributed by atoms with van der Waals surface area (Å²) in [6, 6.07) is 1.84. The largest absolute Gasteiger partial charge is 0.317 e. The highest BCUT2D eigenvalue weighted by atomic mass is 15.2.